The van der Waals surface area contributed by atoms with Crippen LogP contribution in [0.5, 0.6) is 0 Å². The van der Waals surface area contributed by atoms with Crippen molar-refractivity contribution in [3.63, 3.8) is 0 Å². The number of hydrogen-bond donors (Lipinski definition) is 1. The maximum atomic E-state index is 6.32. The van der Waals surface area contributed by atoms with Crippen molar-refractivity contribution >= 4 is 0 Å². The van der Waals surface area contributed by atoms with Crippen molar-refractivity contribution in [2.45, 2.75) is 45.1 Å². The van der Waals surface area contributed by atoms with Crippen molar-refractivity contribution in [3.05, 3.63) is 35.4 Å². The summed E-state index contributed by atoms with van der Waals surface area (Å²) in [5.41, 5.74) is 9.32. The Morgan fingerprint density at radius 3 is 2.80 bits per heavy atom. The molecule has 0 aliphatic heterocycles. The predicted molar refractivity (Wildman–Crippen MR) is 64.9 cm³/mol. The molecule has 0 saturated carbocycles. The van der Waals surface area contributed by atoms with E-state index in [2.05, 4.69) is 38.1 Å². The van der Waals surface area contributed by atoms with E-state index in [1.165, 1.54) is 30.4 Å². The summed E-state index contributed by atoms with van der Waals surface area (Å²) in [5, 5.41) is 0. The lowest BCUT2D eigenvalue weighted by Gasteiger charge is -2.37. The third kappa shape index (κ3) is 1.93. The SMILES string of the molecule is CCCC(C)C(N)C1Cc2ccccc21. The van der Waals surface area contributed by atoms with Gasteiger partial charge in [0.25, 0.3) is 0 Å². The van der Waals surface area contributed by atoms with E-state index in [9.17, 15) is 0 Å². The van der Waals surface area contributed by atoms with Crippen LogP contribution in [0.2, 0.25) is 0 Å². The van der Waals surface area contributed by atoms with Crippen molar-refractivity contribution in [1.29, 1.82) is 0 Å². The van der Waals surface area contributed by atoms with E-state index in [0.29, 0.717) is 17.9 Å². The van der Waals surface area contributed by atoms with Crippen LogP contribution in [0.3, 0.4) is 0 Å². The van der Waals surface area contributed by atoms with Crippen LogP contribution >= 0.6 is 0 Å². The van der Waals surface area contributed by atoms with E-state index in [-0.39, 0.29) is 0 Å². The smallest absolute Gasteiger partial charge is 0.0137 e. The minimum Gasteiger partial charge on any atom is -0.327 e. The Bertz CT molecular complexity index is 332. The number of hydrogen-bond acceptors (Lipinski definition) is 1. The maximum Gasteiger partial charge on any atom is 0.0137 e. The van der Waals surface area contributed by atoms with Gasteiger partial charge in [0.15, 0.2) is 0 Å². The lowest BCUT2D eigenvalue weighted by molar-refractivity contribution is 0.347. The van der Waals surface area contributed by atoms with Crippen LogP contribution in [0, 0.1) is 5.92 Å². The molecule has 1 nitrogen and oxygen atoms in total. The Labute approximate surface area is 92.7 Å². The Kier molecular flexibility index (Phi) is 3.11. The molecule has 3 atom stereocenters. The molecule has 1 heteroatoms. The molecule has 82 valence electrons. The molecule has 0 bridgehead atoms. The van der Waals surface area contributed by atoms with Gasteiger partial charge in [0, 0.05) is 12.0 Å². The molecular formula is C14H21N. The van der Waals surface area contributed by atoms with Crippen molar-refractivity contribution in [1.82, 2.24) is 0 Å². The summed E-state index contributed by atoms with van der Waals surface area (Å²) < 4.78 is 0. The zero-order chi connectivity index (χ0) is 10.8. The summed E-state index contributed by atoms with van der Waals surface area (Å²) in [4.78, 5) is 0. The highest BCUT2D eigenvalue weighted by Crippen LogP contribution is 2.39. The molecule has 0 fully saturated rings. The Hall–Kier alpha value is -0.820. The second-order valence-electron chi connectivity index (χ2n) is 4.85. The summed E-state index contributed by atoms with van der Waals surface area (Å²) in [6, 6.07) is 9.06. The zero-order valence-electron chi connectivity index (χ0n) is 9.74. The van der Waals surface area contributed by atoms with Gasteiger partial charge in [-0.05, 0) is 29.9 Å². The van der Waals surface area contributed by atoms with Crippen molar-refractivity contribution < 1.29 is 0 Å². The summed E-state index contributed by atoms with van der Waals surface area (Å²) in [6.45, 7) is 4.52. The second-order valence-corrected chi connectivity index (χ2v) is 4.85. The molecule has 1 aliphatic carbocycles. The topological polar surface area (TPSA) is 26.0 Å². The largest absolute Gasteiger partial charge is 0.327 e. The molecule has 1 aromatic rings. The number of nitrogens with two attached hydrogens (primary N) is 1. The molecule has 0 amide bonds. The van der Waals surface area contributed by atoms with Gasteiger partial charge in [-0.15, -0.1) is 0 Å². The molecule has 0 aromatic heterocycles. The first-order valence-electron chi connectivity index (χ1n) is 6.07. The fourth-order valence-electron chi connectivity index (χ4n) is 2.69. The summed E-state index contributed by atoms with van der Waals surface area (Å²) in [7, 11) is 0. The van der Waals surface area contributed by atoms with Crippen LogP contribution in [-0.4, -0.2) is 6.04 Å². The van der Waals surface area contributed by atoms with Crippen LogP contribution in [0.15, 0.2) is 24.3 Å². The van der Waals surface area contributed by atoms with Gasteiger partial charge in [0.2, 0.25) is 0 Å². The van der Waals surface area contributed by atoms with E-state index in [4.69, 9.17) is 5.73 Å². The standard InChI is InChI=1S/C14H21N/c1-3-6-10(2)14(15)13-9-11-7-4-5-8-12(11)13/h4-5,7-8,10,13-14H,3,6,9,15H2,1-2H3. The monoisotopic (exact) mass is 203 g/mol. The number of benzene rings is 1. The van der Waals surface area contributed by atoms with E-state index < -0.39 is 0 Å². The van der Waals surface area contributed by atoms with E-state index >= 15 is 0 Å². The normalized spacial score (nSPS) is 22.7. The predicted octanol–water partition coefficient (Wildman–Crippen LogP) is 3.09. The fourth-order valence-corrected chi connectivity index (χ4v) is 2.69. The van der Waals surface area contributed by atoms with Crippen LogP contribution in [0.1, 0.15) is 43.7 Å². The molecule has 2 N–H and O–H groups in total. The average Bonchev–Trinajstić information content (AvgIpc) is 2.20. The van der Waals surface area contributed by atoms with Gasteiger partial charge in [-0.1, -0.05) is 44.5 Å². The quantitative estimate of drug-likeness (QED) is 0.799. The molecule has 1 aromatic carbocycles. The van der Waals surface area contributed by atoms with Crippen LogP contribution in [0.4, 0.5) is 0 Å². The fraction of sp³-hybridized carbons (Fsp3) is 0.571. The zero-order valence-corrected chi connectivity index (χ0v) is 9.74. The highest BCUT2D eigenvalue weighted by molar-refractivity contribution is 5.41. The van der Waals surface area contributed by atoms with Crippen molar-refractivity contribution in [2.24, 2.45) is 11.7 Å². The summed E-state index contributed by atoms with van der Waals surface area (Å²) in [5.74, 6) is 1.26. The Morgan fingerprint density at radius 1 is 1.40 bits per heavy atom. The third-order valence-corrected chi connectivity index (χ3v) is 3.76. The molecule has 2 rings (SSSR count). The van der Waals surface area contributed by atoms with Gasteiger partial charge in [-0.2, -0.15) is 0 Å². The first-order valence-corrected chi connectivity index (χ1v) is 6.07. The van der Waals surface area contributed by atoms with E-state index in [1.54, 1.807) is 0 Å². The first-order chi connectivity index (χ1) is 7.24. The maximum absolute atomic E-state index is 6.32. The molecule has 15 heavy (non-hydrogen) atoms. The van der Waals surface area contributed by atoms with Crippen LogP contribution in [-0.2, 0) is 6.42 Å². The third-order valence-electron chi connectivity index (χ3n) is 3.76. The van der Waals surface area contributed by atoms with E-state index in [1.807, 2.05) is 0 Å². The molecule has 3 unspecified atom stereocenters. The highest BCUT2D eigenvalue weighted by Gasteiger charge is 2.32. The lowest BCUT2D eigenvalue weighted by atomic mass is 9.70. The Morgan fingerprint density at radius 2 is 2.13 bits per heavy atom. The molecule has 1 aliphatic rings. The molecular weight excluding hydrogens is 182 g/mol. The van der Waals surface area contributed by atoms with Gasteiger partial charge in [0.1, 0.15) is 0 Å². The molecule has 0 heterocycles. The average molecular weight is 203 g/mol. The van der Waals surface area contributed by atoms with Crippen molar-refractivity contribution in [3.8, 4) is 0 Å². The van der Waals surface area contributed by atoms with E-state index in [0.717, 1.165) is 0 Å². The van der Waals surface area contributed by atoms with Gasteiger partial charge in [-0.3, -0.25) is 0 Å². The number of rotatable bonds is 4. The van der Waals surface area contributed by atoms with Gasteiger partial charge in [0.05, 0.1) is 0 Å². The first kappa shape index (κ1) is 10.7. The van der Waals surface area contributed by atoms with Gasteiger partial charge < -0.3 is 5.73 Å². The summed E-state index contributed by atoms with van der Waals surface area (Å²) >= 11 is 0. The van der Waals surface area contributed by atoms with Crippen molar-refractivity contribution in [2.75, 3.05) is 0 Å². The summed E-state index contributed by atoms with van der Waals surface area (Å²) in [6.07, 6.45) is 3.68. The van der Waals surface area contributed by atoms with Gasteiger partial charge >= 0.3 is 0 Å². The second kappa shape index (κ2) is 4.36. The number of fused-ring (bicyclic) bond motifs is 1. The highest BCUT2D eigenvalue weighted by atomic mass is 14.7. The Balaban J connectivity index is 2.03. The minimum absolute atomic E-state index is 0.347. The van der Waals surface area contributed by atoms with Crippen LogP contribution in [0.25, 0.3) is 0 Å². The molecule has 0 saturated heterocycles. The van der Waals surface area contributed by atoms with Crippen LogP contribution < -0.4 is 5.73 Å². The lowest BCUT2D eigenvalue weighted by Crippen LogP contribution is -2.40. The minimum atomic E-state index is 0.347. The van der Waals surface area contributed by atoms with Gasteiger partial charge in [-0.25, -0.2) is 0 Å². The molecule has 0 radical (unpaired) electrons. The molecule has 0 spiro atoms.